The lowest BCUT2D eigenvalue weighted by molar-refractivity contribution is -0.146. The van der Waals surface area contributed by atoms with Crippen LogP contribution < -0.4 is 10.6 Å². The number of carbonyl (C=O) groups excluding carboxylic acids is 1. The second-order valence-electron chi connectivity index (χ2n) is 4.34. The molecule has 4 N–H and O–H groups in total. The maximum absolute atomic E-state index is 11.5. The lowest BCUT2D eigenvalue weighted by atomic mass is 10.1. The summed E-state index contributed by atoms with van der Waals surface area (Å²) in [6.45, 7) is 3.46. The van der Waals surface area contributed by atoms with Crippen molar-refractivity contribution in [3.05, 3.63) is 35.4 Å². The van der Waals surface area contributed by atoms with Gasteiger partial charge >= 0.3 is 12.0 Å². The van der Waals surface area contributed by atoms with Crippen LogP contribution in [0.1, 0.15) is 24.1 Å². The molecule has 2 unspecified atom stereocenters. The summed E-state index contributed by atoms with van der Waals surface area (Å²) >= 11 is 0. The number of benzene rings is 1. The number of hydrogen-bond donors (Lipinski definition) is 4. The lowest BCUT2D eigenvalue weighted by Gasteiger charge is -2.15. The van der Waals surface area contributed by atoms with Crippen LogP contribution >= 0.6 is 0 Å². The molecule has 0 fully saturated rings. The average Bonchev–Trinajstić information content (AvgIpc) is 2.36. The Hall–Kier alpha value is -2.08. The van der Waals surface area contributed by atoms with Crippen molar-refractivity contribution < 1.29 is 19.8 Å². The van der Waals surface area contributed by atoms with E-state index in [2.05, 4.69) is 10.6 Å². The van der Waals surface area contributed by atoms with Crippen LogP contribution in [0.3, 0.4) is 0 Å². The quantitative estimate of drug-likeness (QED) is 0.633. The third-order valence-electron chi connectivity index (χ3n) is 2.67. The molecule has 0 radical (unpaired) electrons. The highest BCUT2D eigenvalue weighted by Gasteiger charge is 2.15. The largest absolute Gasteiger partial charge is 0.479 e. The fourth-order valence-electron chi connectivity index (χ4n) is 1.46. The fourth-order valence-corrected chi connectivity index (χ4v) is 1.46. The number of aryl methyl sites for hydroxylation is 1. The monoisotopic (exact) mass is 266 g/mol. The first kappa shape index (κ1) is 15.0. The van der Waals surface area contributed by atoms with Gasteiger partial charge in [0.05, 0.1) is 12.6 Å². The van der Waals surface area contributed by atoms with E-state index >= 15 is 0 Å². The van der Waals surface area contributed by atoms with Crippen LogP contribution in [0.2, 0.25) is 0 Å². The summed E-state index contributed by atoms with van der Waals surface area (Å²) in [5.74, 6) is -1.37. The predicted molar refractivity (Wildman–Crippen MR) is 69.8 cm³/mol. The van der Waals surface area contributed by atoms with Crippen molar-refractivity contribution in [3.8, 4) is 0 Å². The van der Waals surface area contributed by atoms with Crippen molar-refractivity contribution in [1.29, 1.82) is 0 Å². The Morgan fingerprint density at radius 3 is 2.37 bits per heavy atom. The van der Waals surface area contributed by atoms with Crippen molar-refractivity contribution in [1.82, 2.24) is 10.6 Å². The normalized spacial score (nSPS) is 13.4. The molecule has 0 bridgehead atoms. The second kappa shape index (κ2) is 6.75. The zero-order valence-corrected chi connectivity index (χ0v) is 10.9. The summed E-state index contributed by atoms with van der Waals surface area (Å²) in [5, 5.41) is 22.4. The summed E-state index contributed by atoms with van der Waals surface area (Å²) in [6, 6.07) is 6.98. The summed E-state index contributed by atoms with van der Waals surface area (Å²) in [5.41, 5.74) is 2.07. The van der Waals surface area contributed by atoms with E-state index in [1.165, 1.54) is 0 Å². The molecule has 0 heterocycles. The standard InChI is InChI=1S/C13H18N2O4/c1-8-3-5-10(6-4-8)9(2)15-13(19)14-7-11(16)12(17)18/h3-6,9,11,16H,7H2,1-2H3,(H,17,18)(H2,14,15,19). The molecule has 0 saturated carbocycles. The maximum Gasteiger partial charge on any atom is 0.334 e. The van der Waals surface area contributed by atoms with E-state index in [1.54, 1.807) is 0 Å². The molecule has 2 amide bonds. The maximum atomic E-state index is 11.5. The molecule has 6 heteroatoms. The van der Waals surface area contributed by atoms with Crippen molar-refractivity contribution >= 4 is 12.0 Å². The Bertz CT molecular complexity index is 444. The van der Waals surface area contributed by atoms with E-state index in [0.717, 1.165) is 11.1 Å². The highest BCUT2D eigenvalue weighted by atomic mass is 16.4. The molecule has 6 nitrogen and oxygen atoms in total. The number of rotatable bonds is 5. The van der Waals surface area contributed by atoms with Gasteiger partial charge in [0, 0.05) is 0 Å². The SMILES string of the molecule is Cc1ccc(C(C)NC(=O)NCC(O)C(=O)O)cc1. The smallest absolute Gasteiger partial charge is 0.334 e. The lowest BCUT2D eigenvalue weighted by Crippen LogP contribution is -2.42. The number of amides is 2. The van der Waals surface area contributed by atoms with Gasteiger partial charge in [0.2, 0.25) is 0 Å². The van der Waals surface area contributed by atoms with E-state index in [0.29, 0.717) is 0 Å². The summed E-state index contributed by atoms with van der Waals surface area (Å²) < 4.78 is 0. The number of carbonyl (C=O) groups is 2. The topological polar surface area (TPSA) is 98.7 Å². The molecule has 0 aliphatic carbocycles. The van der Waals surface area contributed by atoms with E-state index in [4.69, 9.17) is 10.2 Å². The number of aliphatic hydroxyl groups excluding tert-OH is 1. The molecule has 0 aliphatic heterocycles. The molecule has 2 atom stereocenters. The van der Waals surface area contributed by atoms with Crippen molar-refractivity contribution in [3.63, 3.8) is 0 Å². The van der Waals surface area contributed by atoms with Gasteiger partial charge in [-0.1, -0.05) is 29.8 Å². The summed E-state index contributed by atoms with van der Waals surface area (Å²) in [7, 11) is 0. The second-order valence-corrected chi connectivity index (χ2v) is 4.34. The van der Waals surface area contributed by atoms with E-state index in [9.17, 15) is 9.59 Å². The van der Waals surface area contributed by atoms with Crippen LogP contribution in [-0.4, -0.2) is 34.9 Å². The summed E-state index contributed by atoms with van der Waals surface area (Å²) in [4.78, 5) is 21.9. The molecule has 1 aromatic carbocycles. The third-order valence-corrected chi connectivity index (χ3v) is 2.67. The van der Waals surface area contributed by atoms with Gasteiger partial charge in [-0.05, 0) is 19.4 Å². The Kier molecular flexibility index (Phi) is 5.32. The molecule has 104 valence electrons. The van der Waals surface area contributed by atoms with Gasteiger partial charge in [-0.15, -0.1) is 0 Å². The van der Waals surface area contributed by atoms with Gasteiger partial charge in [-0.25, -0.2) is 9.59 Å². The van der Waals surface area contributed by atoms with Crippen LogP contribution in [-0.2, 0) is 4.79 Å². The number of aliphatic hydroxyl groups is 1. The number of hydrogen-bond acceptors (Lipinski definition) is 3. The van der Waals surface area contributed by atoms with Crippen LogP contribution in [0.5, 0.6) is 0 Å². The molecule has 0 saturated heterocycles. The van der Waals surface area contributed by atoms with E-state index in [-0.39, 0.29) is 12.6 Å². The first-order valence-corrected chi connectivity index (χ1v) is 5.92. The van der Waals surface area contributed by atoms with Crippen molar-refractivity contribution in [2.24, 2.45) is 0 Å². The minimum Gasteiger partial charge on any atom is -0.479 e. The Morgan fingerprint density at radius 2 is 1.84 bits per heavy atom. The molecular weight excluding hydrogens is 248 g/mol. The van der Waals surface area contributed by atoms with E-state index < -0.39 is 18.1 Å². The van der Waals surface area contributed by atoms with Gasteiger partial charge in [0.15, 0.2) is 6.10 Å². The number of carboxylic acids is 1. The Labute approximate surface area is 111 Å². The van der Waals surface area contributed by atoms with Gasteiger partial charge < -0.3 is 20.8 Å². The van der Waals surface area contributed by atoms with Crippen LogP contribution in [0.4, 0.5) is 4.79 Å². The first-order valence-electron chi connectivity index (χ1n) is 5.92. The highest BCUT2D eigenvalue weighted by Crippen LogP contribution is 2.12. The highest BCUT2D eigenvalue weighted by molar-refractivity contribution is 5.76. The van der Waals surface area contributed by atoms with Crippen molar-refractivity contribution in [2.75, 3.05) is 6.54 Å². The Morgan fingerprint density at radius 1 is 1.26 bits per heavy atom. The number of aliphatic carboxylic acids is 1. The zero-order chi connectivity index (χ0) is 14.4. The van der Waals surface area contributed by atoms with Gasteiger partial charge in [0.25, 0.3) is 0 Å². The average molecular weight is 266 g/mol. The first-order chi connectivity index (χ1) is 8.90. The molecule has 19 heavy (non-hydrogen) atoms. The minimum absolute atomic E-state index is 0.206. The van der Waals surface area contributed by atoms with Gasteiger partial charge in [-0.3, -0.25) is 0 Å². The van der Waals surface area contributed by atoms with Crippen LogP contribution in [0, 0.1) is 6.92 Å². The molecule has 0 aliphatic rings. The molecule has 1 rings (SSSR count). The fraction of sp³-hybridized carbons (Fsp3) is 0.385. The van der Waals surface area contributed by atoms with Gasteiger partial charge in [0.1, 0.15) is 0 Å². The molecule has 0 spiro atoms. The predicted octanol–water partition coefficient (Wildman–Crippen LogP) is 0.801. The number of urea groups is 1. The Balaban J connectivity index is 2.44. The third kappa shape index (κ3) is 4.97. The zero-order valence-electron chi connectivity index (χ0n) is 10.9. The number of nitrogens with one attached hydrogen (secondary N) is 2. The number of carboxylic acid groups (broad SMARTS) is 1. The van der Waals surface area contributed by atoms with E-state index in [1.807, 2.05) is 38.1 Å². The minimum atomic E-state index is -1.60. The molecule has 0 aromatic heterocycles. The van der Waals surface area contributed by atoms with Crippen LogP contribution in [0.15, 0.2) is 24.3 Å². The van der Waals surface area contributed by atoms with Gasteiger partial charge in [-0.2, -0.15) is 0 Å². The van der Waals surface area contributed by atoms with Crippen molar-refractivity contribution in [2.45, 2.75) is 26.0 Å². The van der Waals surface area contributed by atoms with Crippen LogP contribution in [0.25, 0.3) is 0 Å². The molecular formula is C13H18N2O4. The molecule has 1 aromatic rings. The summed E-state index contributed by atoms with van der Waals surface area (Å²) in [6.07, 6.45) is -1.60.